The number of carbonyl (C=O) groups excluding carboxylic acids is 1. The Hall–Kier alpha value is -2.32. The van der Waals surface area contributed by atoms with E-state index in [1.807, 2.05) is 13.8 Å². The molecule has 1 fully saturated rings. The van der Waals surface area contributed by atoms with Gasteiger partial charge in [0.05, 0.1) is 36.7 Å². The van der Waals surface area contributed by atoms with Crippen molar-refractivity contribution in [3.63, 3.8) is 0 Å². The summed E-state index contributed by atoms with van der Waals surface area (Å²) in [6.07, 6.45) is 2.69. The van der Waals surface area contributed by atoms with E-state index in [-0.39, 0.29) is 23.6 Å². The third-order valence-electron chi connectivity index (χ3n) is 4.21. The van der Waals surface area contributed by atoms with Gasteiger partial charge in [-0.2, -0.15) is 0 Å². The molecule has 3 rings (SSSR count). The molecule has 0 aliphatic carbocycles. The van der Waals surface area contributed by atoms with Crippen LogP contribution in [0.3, 0.4) is 0 Å². The minimum atomic E-state index is -0.550. The molecule has 1 aliphatic heterocycles. The number of hydrogen-bond acceptors (Lipinski definition) is 6. The average Bonchev–Trinajstić information content (AvgIpc) is 2.92. The van der Waals surface area contributed by atoms with Gasteiger partial charge < -0.3 is 19.3 Å². The van der Waals surface area contributed by atoms with Crippen LogP contribution < -0.4 is 5.32 Å². The molecule has 1 N–H and O–H groups in total. The van der Waals surface area contributed by atoms with Crippen LogP contribution in [0.25, 0.3) is 0 Å². The Morgan fingerprint density at radius 2 is 2.28 bits per heavy atom. The first-order valence-corrected chi connectivity index (χ1v) is 8.07. The fraction of sp³-hybridized carbons (Fsp3) is 0.471. The number of aryl methyl sites for hydroxylation is 2. The van der Waals surface area contributed by atoms with Crippen molar-refractivity contribution in [3.8, 4) is 0 Å². The first kappa shape index (κ1) is 17.5. The molecule has 2 aromatic heterocycles. The molecular weight excluding hydrogens is 329 g/mol. The Morgan fingerprint density at radius 1 is 1.44 bits per heavy atom. The number of nitrogens with zero attached hydrogens (tertiary/aromatic N) is 2. The number of rotatable bonds is 5. The number of pyridine rings is 1. The Labute approximate surface area is 144 Å². The molecule has 2 atom stereocenters. The van der Waals surface area contributed by atoms with Crippen LogP contribution in [-0.2, 0) is 16.1 Å². The van der Waals surface area contributed by atoms with Crippen molar-refractivity contribution in [3.05, 3.63) is 46.9 Å². The Bertz CT molecular complexity index is 730. The van der Waals surface area contributed by atoms with Crippen LogP contribution in [0.4, 0.5) is 4.39 Å². The van der Waals surface area contributed by atoms with Crippen molar-refractivity contribution in [2.45, 2.75) is 39.0 Å². The van der Waals surface area contributed by atoms with Crippen LogP contribution in [0.15, 0.2) is 23.0 Å². The summed E-state index contributed by atoms with van der Waals surface area (Å²) < 4.78 is 29.8. The maximum atomic E-state index is 13.2. The summed E-state index contributed by atoms with van der Waals surface area (Å²) in [5, 5.41) is 6.78. The SMILES string of the molecule is Cc1noc(C)c1CO[C@@H]1COCC[C@H]1NC(=O)c1cncc(F)c1. The van der Waals surface area contributed by atoms with Crippen molar-refractivity contribution in [1.82, 2.24) is 15.5 Å². The van der Waals surface area contributed by atoms with Crippen molar-refractivity contribution < 1.29 is 23.2 Å². The third-order valence-corrected chi connectivity index (χ3v) is 4.21. The van der Waals surface area contributed by atoms with Gasteiger partial charge in [-0.15, -0.1) is 0 Å². The average molecular weight is 349 g/mol. The van der Waals surface area contributed by atoms with Crippen molar-refractivity contribution in [1.29, 1.82) is 0 Å². The molecular formula is C17H20FN3O4. The van der Waals surface area contributed by atoms with Crippen LogP contribution in [0.5, 0.6) is 0 Å². The second kappa shape index (κ2) is 7.71. The van der Waals surface area contributed by atoms with Gasteiger partial charge in [-0.25, -0.2) is 4.39 Å². The molecule has 0 unspecified atom stereocenters. The smallest absolute Gasteiger partial charge is 0.253 e. The highest BCUT2D eigenvalue weighted by Gasteiger charge is 2.29. The fourth-order valence-corrected chi connectivity index (χ4v) is 2.73. The van der Waals surface area contributed by atoms with Gasteiger partial charge in [0.15, 0.2) is 0 Å². The lowest BCUT2D eigenvalue weighted by Gasteiger charge is -2.32. The van der Waals surface area contributed by atoms with E-state index in [2.05, 4.69) is 15.5 Å². The van der Waals surface area contributed by atoms with E-state index in [4.69, 9.17) is 14.0 Å². The highest BCUT2D eigenvalue weighted by molar-refractivity contribution is 5.94. The van der Waals surface area contributed by atoms with Gasteiger partial charge in [0.2, 0.25) is 0 Å². The Kier molecular flexibility index (Phi) is 5.40. The molecule has 2 aromatic rings. The number of carbonyl (C=O) groups is 1. The van der Waals surface area contributed by atoms with Crippen LogP contribution in [0.1, 0.15) is 33.8 Å². The summed E-state index contributed by atoms with van der Waals surface area (Å²) >= 11 is 0. The topological polar surface area (TPSA) is 86.5 Å². The zero-order chi connectivity index (χ0) is 17.8. The standard InChI is InChI=1S/C17H20FN3O4/c1-10-14(11(2)25-21-10)8-24-16-9-23-4-3-15(16)20-17(22)12-5-13(18)7-19-6-12/h5-7,15-16H,3-4,8-9H2,1-2H3,(H,20,22)/t15-,16-/m1/s1. The summed E-state index contributed by atoms with van der Waals surface area (Å²) in [4.78, 5) is 16.0. The summed E-state index contributed by atoms with van der Waals surface area (Å²) in [5.74, 6) is -0.226. The quantitative estimate of drug-likeness (QED) is 0.888. The number of aromatic nitrogens is 2. The number of hydrogen-bond donors (Lipinski definition) is 1. The monoisotopic (exact) mass is 349 g/mol. The first-order valence-electron chi connectivity index (χ1n) is 8.07. The second-order valence-electron chi connectivity index (χ2n) is 5.99. The normalized spacial score (nSPS) is 20.4. The van der Waals surface area contributed by atoms with E-state index in [0.717, 1.165) is 23.5 Å². The number of amides is 1. The van der Waals surface area contributed by atoms with Crippen molar-refractivity contribution in [2.24, 2.45) is 0 Å². The molecule has 3 heterocycles. The Morgan fingerprint density at radius 3 is 3.00 bits per heavy atom. The van der Waals surface area contributed by atoms with Gasteiger partial charge in [0, 0.05) is 18.4 Å². The van der Waals surface area contributed by atoms with E-state index in [9.17, 15) is 9.18 Å². The summed E-state index contributed by atoms with van der Waals surface area (Å²) in [5.41, 5.74) is 1.85. The summed E-state index contributed by atoms with van der Waals surface area (Å²) in [7, 11) is 0. The van der Waals surface area contributed by atoms with Crippen LogP contribution in [0, 0.1) is 19.7 Å². The summed E-state index contributed by atoms with van der Waals surface area (Å²) in [6, 6.07) is 0.923. The van der Waals surface area contributed by atoms with Crippen molar-refractivity contribution in [2.75, 3.05) is 13.2 Å². The number of ether oxygens (including phenoxy) is 2. The number of nitrogens with one attached hydrogen (secondary N) is 1. The lowest BCUT2D eigenvalue weighted by molar-refractivity contribution is -0.0739. The first-order chi connectivity index (χ1) is 12.0. The molecule has 8 heteroatoms. The molecule has 1 aliphatic rings. The lowest BCUT2D eigenvalue weighted by atomic mass is 10.1. The van der Waals surface area contributed by atoms with E-state index < -0.39 is 5.82 Å². The minimum absolute atomic E-state index is 0.177. The fourth-order valence-electron chi connectivity index (χ4n) is 2.73. The van der Waals surface area contributed by atoms with E-state index in [1.54, 1.807) is 0 Å². The zero-order valence-electron chi connectivity index (χ0n) is 14.1. The maximum absolute atomic E-state index is 13.2. The molecule has 0 saturated carbocycles. The molecule has 0 bridgehead atoms. The second-order valence-corrected chi connectivity index (χ2v) is 5.99. The van der Waals surface area contributed by atoms with Gasteiger partial charge >= 0.3 is 0 Å². The largest absolute Gasteiger partial charge is 0.379 e. The molecule has 0 radical (unpaired) electrons. The molecule has 1 saturated heterocycles. The van der Waals surface area contributed by atoms with Gasteiger partial charge in [-0.3, -0.25) is 9.78 Å². The molecule has 25 heavy (non-hydrogen) atoms. The maximum Gasteiger partial charge on any atom is 0.253 e. The summed E-state index contributed by atoms with van der Waals surface area (Å²) in [6.45, 7) is 4.89. The Balaban J connectivity index is 1.63. The highest BCUT2D eigenvalue weighted by atomic mass is 19.1. The lowest BCUT2D eigenvalue weighted by Crippen LogP contribution is -2.50. The van der Waals surface area contributed by atoms with E-state index >= 15 is 0 Å². The highest BCUT2D eigenvalue weighted by Crippen LogP contribution is 2.18. The molecule has 7 nitrogen and oxygen atoms in total. The number of halogens is 1. The van der Waals surface area contributed by atoms with Crippen molar-refractivity contribution >= 4 is 5.91 Å². The van der Waals surface area contributed by atoms with Crippen LogP contribution >= 0.6 is 0 Å². The minimum Gasteiger partial charge on any atom is -0.379 e. The van der Waals surface area contributed by atoms with Gasteiger partial charge in [0.25, 0.3) is 5.91 Å². The predicted octanol–water partition coefficient (Wildman–Crippen LogP) is 1.93. The van der Waals surface area contributed by atoms with E-state index in [1.165, 1.54) is 6.20 Å². The van der Waals surface area contributed by atoms with Gasteiger partial charge in [-0.1, -0.05) is 5.16 Å². The molecule has 0 aromatic carbocycles. The van der Waals surface area contributed by atoms with Crippen LogP contribution in [0.2, 0.25) is 0 Å². The third kappa shape index (κ3) is 4.21. The van der Waals surface area contributed by atoms with Gasteiger partial charge in [0.1, 0.15) is 17.7 Å². The van der Waals surface area contributed by atoms with E-state index in [0.29, 0.717) is 32.0 Å². The predicted molar refractivity (Wildman–Crippen MR) is 85.4 cm³/mol. The zero-order valence-corrected chi connectivity index (χ0v) is 14.1. The molecule has 134 valence electrons. The molecule has 0 spiro atoms. The van der Waals surface area contributed by atoms with Gasteiger partial charge in [-0.05, 0) is 26.3 Å². The molecule has 1 amide bonds. The van der Waals surface area contributed by atoms with Crippen LogP contribution in [-0.4, -0.2) is 41.4 Å².